The van der Waals surface area contributed by atoms with E-state index in [9.17, 15) is 24.8 Å². The molecule has 0 aliphatic carbocycles. The fraction of sp³-hybridized carbons (Fsp3) is 0.227. The molecule has 9 nitrogen and oxygen atoms in total. The Bertz CT molecular complexity index is 1410. The van der Waals surface area contributed by atoms with Crippen molar-refractivity contribution in [3.05, 3.63) is 71.7 Å². The van der Waals surface area contributed by atoms with E-state index in [1.807, 2.05) is 19.9 Å². The molecule has 0 bridgehead atoms. The van der Waals surface area contributed by atoms with E-state index in [4.69, 9.17) is 4.74 Å². The predicted octanol–water partition coefficient (Wildman–Crippen LogP) is 3.02. The summed E-state index contributed by atoms with van der Waals surface area (Å²) in [4.78, 5) is 43.4. The lowest BCUT2D eigenvalue weighted by molar-refractivity contribution is 0.0531. The molecular weight excluding hydrogens is 432 g/mol. The molecule has 0 atom stereocenters. The van der Waals surface area contributed by atoms with Crippen LogP contribution in [0.2, 0.25) is 0 Å². The normalized spacial score (nSPS) is 11.0. The first-order valence-corrected chi connectivity index (χ1v) is 10.4. The summed E-state index contributed by atoms with van der Waals surface area (Å²) in [6, 6.07) is 7.13. The van der Waals surface area contributed by atoms with Gasteiger partial charge in [0, 0.05) is 6.21 Å². The van der Waals surface area contributed by atoms with Crippen LogP contribution in [0.5, 0.6) is 5.88 Å². The van der Waals surface area contributed by atoms with E-state index in [1.54, 1.807) is 32.0 Å². The number of hydrogen-bond acceptors (Lipinski definition) is 8. The second kappa shape index (κ2) is 9.03. The smallest absolute Gasteiger partial charge is 0.348 e. The van der Waals surface area contributed by atoms with Crippen LogP contribution in [0.15, 0.2) is 32.8 Å². The Hall–Kier alpha value is -3.97. The van der Waals surface area contributed by atoms with Crippen molar-refractivity contribution in [1.29, 1.82) is 5.26 Å². The summed E-state index contributed by atoms with van der Waals surface area (Å²) in [5, 5.41) is 20.4. The van der Waals surface area contributed by atoms with Crippen molar-refractivity contribution in [2.75, 3.05) is 6.61 Å². The van der Waals surface area contributed by atoms with E-state index >= 15 is 0 Å². The number of benzene rings is 1. The van der Waals surface area contributed by atoms with Crippen LogP contribution in [0.25, 0.3) is 5.69 Å². The van der Waals surface area contributed by atoms with Crippen molar-refractivity contribution in [1.82, 2.24) is 9.55 Å². The summed E-state index contributed by atoms with van der Waals surface area (Å²) in [7, 11) is 0. The van der Waals surface area contributed by atoms with Crippen LogP contribution >= 0.6 is 11.3 Å². The number of carbonyl (C=O) groups excluding carboxylic acids is 1. The number of nitriles is 1. The minimum atomic E-state index is -0.839. The molecule has 2 N–H and O–H groups in total. The van der Waals surface area contributed by atoms with Crippen LogP contribution in [0, 0.1) is 32.1 Å². The van der Waals surface area contributed by atoms with Gasteiger partial charge in [-0.25, -0.2) is 19.1 Å². The lowest BCUT2D eigenvalue weighted by Gasteiger charge is -2.11. The number of carbonyl (C=O) groups is 1. The number of H-pyrrole nitrogens is 1. The van der Waals surface area contributed by atoms with Gasteiger partial charge in [0.15, 0.2) is 0 Å². The lowest BCUT2D eigenvalue weighted by Crippen LogP contribution is -2.31. The Balaban J connectivity index is 2.13. The molecule has 3 rings (SSSR count). The van der Waals surface area contributed by atoms with Gasteiger partial charge in [0.1, 0.15) is 21.5 Å². The van der Waals surface area contributed by atoms with Gasteiger partial charge in [0.2, 0.25) is 5.88 Å². The van der Waals surface area contributed by atoms with E-state index in [0.29, 0.717) is 11.3 Å². The Morgan fingerprint density at radius 2 is 2.03 bits per heavy atom. The molecule has 0 radical (unpaired) electrons. The lowest BCUT2D eigenvalue weighted by atomic mass is 10.1. The number of aryl methyl sites for hydroxylation is 2. The molecule has 164 valence electrons. The largest absolute Gasteiger partial charge is 0.493 e. The van der Waals surface area contributed by atoms with E-state index in [2.05, 4.69) is 9.98 Å². The van der Waals surface area contributed by atoms with Gasteiger partial charge in [-0.3, -0.25) is 9.78 Å². The molecule has 0 saturated carbocycles. The number of aliphatic imine (C=N–C) groups is 1. The van der Waals surface area contributed by atoms with Gasteiger partial charge < -0.3 is 9.84 Å². The number of aromatic amines is 1. The number of hydrogen-bond donors (Lipinski definition) is 2. The number of ether oxygens (including phenoxy) is 1. The predicted molar refractivity (Wildman–Crippen MR) is 121 cm³/mol. The fourth-order valence-electron chi connectivity index (χ4n) is 2.99. The Kier molecular flexibility index (Phi) is 6.41. The standard InChI is InChI=1S/C22H20N4O5S/c1-5-31-21(29)17-13(4)15(9-23)19(32-17)24-10-16-18(27)25-22(30)26(20(16)28)14-7-6-11(2)12(3)8-14/h6-8,10,28H,5H2,1-4H3,(H,25,27,30)/b24-10+. The molecule has 2 heterocycles. The molecule has 0 spiro atoms. The maximum atomic E-state index is 12.4. The van der Waals surface area contributed by atoms with Crippen LogP contribution in [0.1, 0.15) is 44.4 Å². The maximum absolute atomic E-state index is 12.4. The van der Waals surface area contributed by atoms with Crippen molar-refractivity contribution in [2.24, 2.45) is 4.99 Å². The van der Waals surface area contributed by atoms with Crippen LogP contribution in [0.3, 0.4) is 0 Å². The Labute approximate surface area is 186 Å². The molecule has 1 aromatic carbocycles. The first-order valence-electron chi connectivity index (χ1n) is 9.60. The quantitative estimate of drug-likeness (QED) is 0.451. The topological polar surface area (TPSA) is 138 Å². The van der Waals surface area contributed by atoms with Gasteiger partial charge in [0.25, 0.3) is 5.56 Å². The first-order chi connectivity index (χ1) is 15.2. The summed E-state index contributed by atoms with van der Waals surface area (Å²) in [5.74, 6) is -1.17. The molecule has 10 heteroatoms. The molecule has 0 aliphatic heterocycles. The van der Waals surface area contributed by atoms with Crippen LogP contribution < -0.4 is 11.2 Å². The van der Waals surface area contributed by atoms with Gasteiger partial charge in [0.05, 0.1) is 17.9 Å². The minimum absolute atomic E-state index is 0.160. The summed E-state index contributed by atoms with van der Waals surface area (Å²) in [6.45, 7) is 7.22. The van der Waals surface area contributed by atoms with Crippen LogP contribution in [-0.4, -0.2) is 33.4 Å². The maximum Gasteiger partial charge on any atom is 0.348 e. The highest BCUT2D eigenvalue weighted by Crippen LogP contribution is 2.35. The number of thiophene rings is 1. The number of nitrogens with zero attached hydrogens (tertiary/aromatic N) is 3. The van der Waals surface area contributed by atoms with Gasteiger partial charge >= 0.3 is 11.7 Å². The Morgan fingerprint density at radius 1 is 1.31 bits per heavy atom. The van der Waals surface area contributed by atoms with E-state index in [1.165, 1.54) is 0 Å². The van der Waals surface area contributed by atoms with Crippen molar-refractivity contribution in [3.63, 3.8) is 0 Å². The molecule has 3 aromatic rings. The average molecular weight is 452 g/mol. The van der Waals surface area contributed by atoms with E-state index < -0.39 is 23.1 Å². The summed E-state index contributed by atoms with van der Waals surface area (Å²) < 4.78 is 5.96. The number of rotatable bonds is 5. The van der Waals surface area contributed by atoms with Crippen molar-refractivity contribution in [3.8, 4) is 17.6 Å². The van der Waals surface area contributed by atoms with Crippen LogP contribution in [0.4, 0.5) is 5.00 Å². The second-order valence-corrected chi connectivity index (χ2v) is 7.93. The third kappa shape index (κ3) is 4.10. The van der Waals surface area contributed by atoms with Gasteiger partial charge in [-0.15, -0.1) is 11.3 Å². The zero-order valence-electron chi connectivity index (χ0n) is 17.8. The van der Waals surface area contributed by atoms with Crippen LogP contribution in [-0.2, 0) is 4.74 Å². The number of esters is 1. The minimum Gasteiger partial charge on any atom is -0.493 e. The molecule has 0 saturated heterocycles. The summed E-state index contributed by atoms with van der Waals surface area (Å²) >= 11 is 0.940. The van der Waals surface area contributed by atoms with Gasteiger partial charge in [-0.2, -0.15) is 5.26 Å². The molecule has 0 fully saturated rings. The second-order valence-electron chi connectivity index (χ2n) is 6.93. The summed E-state index contributed by atoms with van der Waals surface area (Å²) in [6.07, 6.45) is 1.06. The zero-order chi connectivity index (χ0) is 23.6. The third-order valence-electron chi connectivity index (χ3n) is 4.88. The highest BCUT2D eigenvalue weighted by Gasteiger charge is 2.21. The number of aromatic nitrogens is 2. The van der Waals surface area contributed by atoms with Crippen molar-refractivity contribution >= 4 is 28.5 Å². The highest BCUT2D eigenvalue weighted by atomic mass is 32.1. The monoisotopic (exact) mass is 452 g/mol. The SMILES string of the molecule is CCOC(=O)c1sc(/N=C/c2c(O)n(-c3ccc(C)c(C)c3)c(=O)[nH]c2=O)c(C#N)c1C. The van der Waals surface area contributed by atoms with E-state index in [0.717, 1.165) is 33.2 Å². The van der Waals surface area contributed by atoms with Gasteiger partial charge in [-0.05, 0) is 56.5 Å². The third-order valence-corrected chi connectivity index (χ3v) is 6.06. The first kappa shape index (κ1) is 22.7. The molecule has 32 heavy (non-hydrogen) atoms. The number of nitrogens with one attached hydrogen (secondary N) is 1. The fourth-order valence-corrected chi connectivity index (χ4v) is 3.99. The molecule has 0 amide bonds. The Morgan fingerprint density at radius 3 is 2.66 bits per heavy atom. The summed E-state index contributed by atoms with van der Waals surface area (Å²) in [5.41, 5.74) is 0.938. The van der Waals surface area contributed by atoms with Crippen molar-refractivity contribution in [2.45, 2.75) is 27.7 Å². The zero-order valence-corrected chi connectivity index (χ0v) is 18.7. The van der Waals surface area contributed by atoms with Crippen molar-refractivity contribution < 1.29 is 14.6 Å². The van der Waals surface area contributed by atoms with Gasteiger partial charge in [-0.1, -0.05) is 6.07 Å². The molecular formula is C22H20N4O5S. The average Bonchev–Trinajstić information content (AvgIpc) is 3.05. The molecule has 0 unspecified atom stereocenters. The molecule has 0 aliphatic rings. The number of aromatic hydroxyl groups is 1. The van der Waals surface area contributed by atoms with E-state index in [-0.39, 0.29) is 27.6 Å². The highest BCUT2D eigenvalue weighted by molar-refractivity contribution is 7.18. The molecule has 2 aromatic heterocycles.